The maximum Gasteiger partial charge on any atom is 0.343 e. The van der Waals surface area contributed by atoms with Gasteiger partial charge in [-0.2, -0.15) is 0 Å². The van der Waals surface area contributed by atoms with E-state index in [1.165, 1.54) is 13.8 Å². The van der Waals surface area contributed by atoms with Crippen molar-refractivity contribution in [3.05, 3.63) is 35.1 Å². The molecule has 158 valence electrons. The summed E-state index contributed by atoms with van der Waals surface area (Å²) in [6, 6.07) is 0. The van der Waals surface area contributed by atoms with Gasteiger partial charge in [0.15, 0.2) is 5.79 Å². The van der Waals surface area contributed by atoms with Crippen LogP contribution in [0.4, 0.5) is 0 Å². The topological polar surface area (TPSA) is 108 Å². The lowest BCUT2D eigenvalue weighted by Gasteiger charge is -2.33. The number of carbonyl (C=O) groups excluding carboxylic acids is 3. The van der Waals surface area contributed by atoms with Crippen molar-refractivity contribution in [3.8, 4) is 0 Å². The molecule has 1 N–H and O–H groups in total. The molecule has 0 radical (unpaired) electrons. The first-order chi connectivity index (χ1) is 13.4. The van der Waals surface area contributed by atoms with E-state index in [0.29, 0.717) is 18.4 Å². The molecule has 3 aliphatic heterocycles. The zero-order valence-electron chi connectivity index (χ0n) is 17.1. The van der Waals surface area contributed by atoms with Gasteiger partial charge in [0.05, 0.1) is 11.2 Å². The number of aliphatic hydroxyl groups is 1. The largest absolute Gasteiger partial charge is 0.461 e. The molecule has 0 aromatic heterocycles. The Kier molecular flexibility index (Phi) is 5.44. The van der Waals surface area contributed by atoms with Crippen molar-refractivity contribution < 1.29 is 38.4 Å². The highest BCUT2D eigenvalue weighted by atomic mass is 16.6. The molecule has 3 heterocycles. The van der Waals surface area contributed by atoms with Crippen molar-refractivity contribution >= 4 is 17.9 Å². The maximum atomic E-state index is 12.5. The van der Waals surface area contributed by atoms with Crippen LogP contribution in [0.3, 0.4) is 0 Å². The molecule has 0 aliphatic carbocycles. The Labute approximate surface area is 169 Å². The Balaban J connectivity index is 2.12. The highest BCUT2D eigenvalue weighted by molar-refractivity contribution is 5.96. The van der Waals surface area contributed by atoms with Crippen LogP contribution >= 0.6 is 0 Å². The number of ether oxygens (including phenoxy) is 4. The average molecular weight is 406 g/mol. The summed E-state index contributed by atoms with van der Waals surface area (Å²) in [6.07, 6.45) is 1.81. The van der Waals surface area contributed by atoms with Crippen LogP contribution in [-0.4, -0.2) is 47.1 Å². The zero-order valence-corrected chi connectivity index (χ0v) is 17.1. The third kappa shape index (κ3) is 4.13. The predicted molar refractivity (Wildman–Crippen MR) is 100.0 cm³/mol. The monoisotopic (exact) mass is 406 g/mol. The molecule has 1 fully saturated rings. The second-order valence-electron chi connectivity index (χ2n) is 8.14. The molecule has 8 heteroatoms. The Morgan fingerprint density at radius 1 is 1.34 bits per heavy atom. The summed E-state index contributed by atoms with van der Waals surface area (Å²) in [5, 5.41) is 11.0. The Hall–Kier alpha value is -2.45. The number of hydrogen-bond acceptors (Lipinski definition) is 8. The number of hydrogen-bond donors (Lipinski definition) is 1. The minimum Gasteiger partial charge on any atom is -0.461 e. The summed E-state index contributed by atoms with van der Waals surface area (Å²) < 4.78 is 22.1. The summed E-state index contributed by atoms with van der Waals surface area (Å²) in [4.78, 5) is 36.1. The molecule has 2 bridgehead atoms. The van der Waals surface area contributed by atoms with Crippen LogP contribution in [0.1, 0.15) is 47.0 Å². The van der Waals surface area contributed by atoms with Gasteiger partial charge in [-0.05, 0) is 32.8 Å². The molecule has 0 aromatic carbocycles. The predicted octanol–water partition coefficient (Wildman–Crippen LogP) is 2.07. The van der Waals surface area contributed by atoms with Gasteiger partial charge < -0.3 is 24.1 Å². The first-order valence-electron chi connectivity index (χ1n) is 9.55. The second kappa shape index (κ2) is 7.42. The van der Waals surface area contributed by atoms with Crippen molar-refractivity contribution in [2.24, 2.45) is 5.92 Å². The molecule has 0 aromatic rings. The first-order valence-corrected chi connectivity index (χ1v) is 9.55. The fourth-order valence-electron chi connectivity index (χ4n) is 3.86. The van der Waals surface area contributed by atoms with Crippen LogP contribution < -0.4 is 0 Å². The minimum atomic E-state index is -1.40. The van der Waals surface area contributed by atoms with E-state index in [9.17, 15) is 19.5 Å². The van der Waals surface area contributed by atoms with Crippen LogP contribution in [-0.2, 0) is 33.3 Å². The van der Waals surface area contributed by atoms with E-state index < -0.39 is 41.3 Å². The van der Waals surface area contributed by atoms with E-state index in [1.807, 2.05) is 0 Å². The molecule has 8 nitrogen and oxygen atoms in total. The SMILES string of the molecule is C=C(C)C(=O)O[C@H]1C[C@@H](C)[C@@]2(O)CC[C@@](C)(/C=C3/OC(=O)C(COC(C)=O)=C31)O2. The minimum absolute atomic E-state index is 0.103. The number of rotatable bonds is 4. The van der Waals surface area contributed by atoms with E-state index >= 15 is 0 Å². The molecule has 1 saturated heterocycles. The van der Waals surface area contributed by atoms with Gasteiger partial charge in [-0.1, -0.05) is 13.5 Å². The van der Waals surface area contributed by atoms with Gasteiger partial charge in [-0.3, -0.25) is 4.79 Å². The smallest absolute Gasteiger partial charge is 0.343 e. The van der Waals surface area contributed by atoms with Gasteiger partial charge in [0, 0.05) is 30.4 Å². The van der Waals surface area contributed by atoms with Gasteiger partial charge in [0.1, 0.15) is 18.5 Å². The van der Waals surface area contributed by atoms with E-state index in [4.69, 9.17) is 18.9 Å². The molecule has 4 atom stereocenters. The van der Waals surface area contributed by atoms with Crippen LogP contribution in [0.25, 0.3) is 0 Å². The lowest BCUT2D eigenvalue weighted by molar-refractivity contribution is -0.238. The van der Waals surface area contributed by atoms with Gasteiger partial charge in [0.25, 0.3) is 0 Å². The van der Waals surface area contributed by atoms with Crippen LogP contribution in [0.2, 0.25) is 0 Å². The maximum absolute atomic E-state index is 12.5. The lowest BCUT2D eigenvalue weighted by atomic mass is 9.86. The number of fused-ring (bicyclic) bond motifs is 3. The first kappa shape index (κ1) is 21.3. The van der Waals surface area contributed by atoms with Gasteiger partial charge in [-0.25, -0.2) is 9.59 Å². The standard InChI is InChI=1S/C21H26O8/c1-11(2)18(23)27-15-8-12(3)21(25)7-6-20(5,29-21)9-16-17(15)14(19(24)28-16)10-26-13(4)22/h9,12,15,25H,1,6-8,10H2,2-5H3/b16-9+/t12-,15+,20+,21-/m1/s1. The summed E-state index contributed by atoms with van der Waals surface area (Å²) in [6.45, 7) is 9.62. The third-order valence-electron chi connectivity index (χ3n) is 5.54. The Morgan fingerprint density at radius 3 is 2.66 bits per heavy atom. The normalized spacial score (nSPS) is 35.5. The van der Waals surface area contributed by atoms with Crippen molar-refractivity contribution in [3.63, 3.8) is 0 Å². The zero-order chi connectivity index (χ0) is 21.6. The lowest BCUT2D eigenvalue weighted by Crippen LogP contribution is -2.40. The molecule has 3 rings (SSSR count). The number of esters is 3. The van der Waals surface area contributed by atoms with Crippen LogP contribution in [0.5, 0.6) is 0 Å². The highest BCUT2D eigenvalue weighted by Crippen LogP contribution is 2.47. The van der Waals surface area contributed by atoms with E-state index in [2.05, 4.69) is 6.58 Å². The Morgan fingerprint density at radius 2 is 2.03 bits per heavy atom. The third-order valence-corrected chi connectivity index (χ3v) is 5.54. The fourth-order valence-corrected chi connectivity index (χ4v) is 3.86. The van der Waals surface area contributed by atoms with Gasteiger partial charge in [-0.15, -0.1) is 0 Å². The van der Waals surface area contributed by atoms with Crippen molar-refractivity contribution in [2.75, 3.05) is 6.61 Å². The molecule has 3 aliphatic rings. The van der Waals surface area contributed by atoms with Crippen LogP contribution in [0.15, 0.2) is 35.1 Å². The van der Waals surface area contributed by atoms with E-state index in [-0.39, 0.29) is 29.9 Å². The molecule has 0 amide bonds. The van der Waals surface area contributed by atoms with Crippen molar-refractivity contribution in [1.82, 2.24) is 0 Å². The Bertz CT molecular complexity index is 838. The molecule has 0 saturated carbocycles. The fraction of sp³-hybridized carbons (Fsp3) is 0.571. The summed E-state index contributed by atoms with van der Waals surface area (Å²) in [7, 11) is 0. The van der Waals surface area contributed by atoms with E-state index in [1.54, 1.807) is 19.9 Å². The summed E-state index contributed by atoms with van der Waals surface area (Å²) >= 11 is 0. The van der Waals surface area contributed by atoms with Crippen molar-refractivity contribution in [1.29, 1.82) is 0 Å². The summed E-state index contributed by atoms with van der Waals surface area (Å²) in [5.74, 6) is -3.49. The summed E-state index contributed by atoms with van der Waals surface area (Å²) in [5.41, 5.74) is -0.238. The number of carbonyl (C=O) groups is 3. The average Bonchev–Trinajstić information content (AvgIpc) is 3.09. The molecule has 0 spiro atoms. The molecule has 29 heavy (non-hydrogen) atoms. The van der Waals surface area contributed by atoms with Crippen LogP contribution in [0, 0.1) is 5.92 Å². The van der Waals surface area contributed by atoms with Crippen molar-refractivity contribution in [2.45, 2.75) is 64.4 Å². The molecular formula is C21H26O8. The highest BCUT2D eigenvalue weighted by Gasteiger charge is 2.52. The van der Waals surface area contributed by atoms with Gasteiger partial charge in [0.2, 0.25) is 0 Å². The molecule has 0 unspecified atom stereocenters. The quantitative estimate of drug-likeness (QED) is 0.429. The molecular weight excluding hydrogens is 380 g/mol. The second-order valence-corrected chi connectivity index (χ2v) is 8.14. The van der Waals surface area contributed by atoms with E-state index in [0.717, 1.165) is 0 Å². The van der Waals surface area contributed by atoms with Gasteiger partial charge >= 0.3 is 17.9 Å².